The summed E-state index contributed by atoms with van der Waals surface area (Å²) >= 11 is 0. The Morgan fingerprint density at radius 1 is 0.960 bits per heavy atom. The second-order valence-electron chi connectivity index (χ2n) is 6.59. The minimum absolute atomic E-state index is 0.00567. The summed E-state index contributed by atoms with van der Waals surface area (Å²) in [6.07, 6.45) is 0.767. The molecule has 0 saturated heterocycles. The third-order valence-corrected chi connectivity index (χ3v) is 4.11. The first-order chi connectivity index (χ1) is 12.0. The maximum absolute atomic E-state index is 12.5. The maximum Gasteiger partial charge on any atom is 0.251 e. The number of aryl methyl sites for hydroxylation is 1. The smallest absolute Gasteiger partial charge is 0.251 e. The molecule has 2 rings (SSSR count). The quantitative estimate of drug-likeness (QED) is 0.815. The highest BCUT2D eigenvalue weighted by molar-refractivity contribution is 5.97. The van der Waals surface area contributed by atoms with Crippen molar-refractivity contribution in [3.05, 3.63) is 71.3 Å². The van der Waals surface area contributed by atoms with Crippen LogP contribution >= 0.6 is 0 Å². The Hall–Kier alpha value is -2.62. The summed E-state index contributed by atoms with van der Waals surface area (Å²) in [4.78, 5) is 24.8. The summed E-state index contributed by atoms with van der Waals surface area (Å²) < 4.78 is 0. The van der Waals surface area contributed by atoms with Crippen LogP contribution in [0.15, 0.2) is 54.6 Å². The number of hydrogen-bond donors (Lipinski definition) is 2. The Labute approximate surface area is 149 Å². The highest BCUT2D eigenvalue weighted by Crippen LogP contribution is 2.07. The van der Waals surface area contributed by atoms with Gasteiger partial charge in [-0.3, -0.25) is 9.59 Å². The van der Waals surface area contributed by atoms with Crippen LogP contribution in [0.2, 0.25) is 0 Å². The predicted octanol–water partition coefficient (Wildman–Crippen LogP) is 3.11. The van der Waals surface area contributed by atoms with Crippen LogP contribution < -0.4 is 10.6 Å². The summed E-state index contributed by atoms with van der Waals surface area (Å²) in [5, 5.41) is 5.77. The van der Waals surface area contributed by atoms with Gasteiger partial charge in [0.25, 0.3) is 5.91 Å². The zero-order valence-corrected chi connectivity index (χ0v) is 15.1. The molecule has 0 saturated carbocycles. The van der Waals surface area contributed by atoms with E-state index in [1.54, 1.807) is 12.1 Å². The van der Waals surface area contributed by atoms with E-state index in [0.29, 0.717) is 12.1 Å². The Kier molecular flexibility index (Phi) is 6.75. The van der Waals surface area contributed by atoms with Crippen molar-refractivity contribution >= 4 is 11.8 Å². The van der Waals surface area contributed by atoms with Crippen LogP contribution in [0.4, 0.5) is 0 Å². The first-order valence-electron chi connectivity index (χ1n) is 8.66. The van der Waals surface area contributed by atoms with Crippen LogP contribution in [0.25, 0.3) is 0 Å². The summed E-state index contributed by atoms with van der Waals surface area (Å²) in [6.45, 7) is 6.37. The molecule has 0 aromatic heterocycles. The number of nitrogens with one attached hydrogen (secondary N) is 2. The molecular formula is C21H26N2O2. The molecule has 0 spiro atoms. The van der Waals surface area contributed by atoms with Crippen molar-refractivity contribution in [2.45, 2.75) is 33.2 Å². The summed E-state index contributed by atoms with van der Waals surface area (Å²) in [6, 6.07) is 16.8. The largest absolute Gasteiger partial charge is 0.354 e. The second kappa shape index (κ2) is 9.02. The number of benzene rings is 2. The lowest BCUT2D eigenvalue weighted by Crippen LogP contribution is -2.50. The van der Waals surface area contributed by atoms with Gasteiger partial charge in [-0.15, -0.1) is 0 Å². The summed E-state index contributed by atoms with van der Waals surface area (Å²) in [5.74, 6) is -0.366. The van der Waals surface area contributed by atoms with Crippen molar-refractivity contribution < 1.29 is 9.59 Å². The number of rotatable bonds is 7. The molecule has 1 atom stereocenters. The highest BCUT2D eigenvalue weighted by atomic mass is 16.2. The molecule has 0 radical (unpaired) electrons. The monoisotopic (exact) mass is 338 g/mol. The van der Waals surface area contributed by atoms with Crippen LogP contribution in [0.1, 0.15) is 35.3 Å². The fourth-order valence-electron chi connectivity index (χ4n) is 2.55. The van der Waals surface area contributed by atoms with Gasteiger partial charge in [-0.1, -0.05) is 61.9 Å². The summed E-state index contributed by atoms with van der Waals surface area (Å²) in [7, 11) is 0. The highest BCUT2D eigenvalue weighted by Gasteiger charge is 2.24. The van der Waals surface area contributed by atoms with Gasteiger partial charge in [-0.2, -0.15) is 0 Å². The van der Waals surface area contributed by atoms with Crippen molar-refractivity contribution in [2.24, 2.45) is 5.92 Å². The maximum atomic E-state index is 12.5. The molecule has 2 amide bonds. The van der Waals surface area contributed by atoms with E-state index in [1.165, 1.54) is 5.56 Å². The number of carbonyl (C=O) groups excluding carboxylic acids is 2. The Bertz CT molecular complexity index is 694. The minimum atomic E-state index is -0.551. The van der Waals surface area contributed by atoms with Crippen molar-refractivity contribution in [3.63, 3.8) is 0 Å². The van der Waals surface area contributed by atoms with Crippen molar-refractivity contribution in [1.29, 1.82) is 0 Å². The molecule has 0 aliphatic carbocycles. The Morgan fingerprint density at radius 2 is 1.60 bits per heavy atom. The van der Waals surface area contributed by atoms with Gasteiger partial charge in [0, 0.05) is 12.1 Å². The molecule has 0 heterocycles. The van der Waals surface area contributed by atoms with Gasteiger partial charge in [0.1, 0.15) is 6.04 Å². The molecule has 0 fully saturated rings. The van der Waals surface area contributed by atoms with E-state index in [-0.39, 0.29) is 17.7 Å². The lowest BCUT2D eigenvalue weighted by atomic mass is 10.0. The van der Waals surface area contributed by atoms with Gasteiger partial charge in [0.05, 0.1) is 0 Å². The van der Waals surface area contributed by atoms with Gasteiger partial charge < -0.3 is 10.6 Å². The van der Waals surface area contributed by atoms with Gasteiger partial charge in [-0.05, 0) is 37.0 Å². The van der Waals surface area contributed by atoms with Crippen LogP contribution in [0.5, 0.6) is 0 Å². The Balaban J connectivity index is 1.91. The molecule has 1 unspecified atom stereocenters. The molecule has 4 nitrogen and oxygen atoms in total. The first kappa shape index (κ1) is 18.7. The van der Waals surface area contributed by atoms with E-state index < -0.39 is 6.04 Å². The third kappa shape index (κ3) is 5.75. The fourth-order valence-corrected chi connectivity index (χ4v) is 2.55. The topological polar surface area (TPSA) is 58.2 Å². The normalized spacial score (nSPS) is 11.8. The standard InChI is InChI=1S/C21H26N2O2/c1-15(2)19(23-20(24)18-11-9-16(3)10-12-18)21(25)22-14-13-17-7-5-4-6-8-17/h4-12,15,19H,13-14H2,1-3H3,(H,22,25)(H,23,24). The van der Waals surface area contributed by atoms with Gasteiger partial charge >= 0.3 is 0 Å². The molecule has 0 aliphatic rings. The van der Waals surface area contributed by atoms with Crippen LogP contribution in [0, 0.1) is 12.8 Å². The van der Waals surface area contributed by atoms with Gasteiger partial charge in [-0.25, -0.2) is 0 Å². The van der Waals surface area contributed by atoms with E-state index in [4.69, 9.17) is 0 Å². The Morgan fingerprint density at radius 3 is 2.20 bits per heavy atom. The lowest BCUT2D eigenvalue weighted by molar-refractivity contribution is -0.123. The molecule has 0 bridgehead atoms. The number of amides is 2. The van der Waals surface area contributed by atoms with E-state index in [1.807, 2.05) is 63.2 Å². The molecule has 4 heteroatoms. The third-order valence-electron chi connectivity index (χ3n) is 4.11. The summed E-state index contributed by atoms with van der Waals surface area (Å²) in [5.41, 5.74) is 2.83. The molecule has 0 aliphatic heterocycles. The van der Waals surface area contributed by atoms with Crippen LogP contribution in [-0.4, -0.2) is 24.4 Å². The number of hydrogen-bond acceptors (Lipinski definition) is 2. The fraction of sp³-hybridized carbons (Fsp3) is 0.333. The van der Waals surface area contributed by atoms with E-state index in [0.717, 1.165) is 12.0 Å². The molecule has 2 aromatic carbocycles. The zero-order valence-electron chi connectivity index (χ0n) is 15.1. The minimum Gasteiger partial charge on any atom is -0.354 e. The molecule has 132 valence electrons. The molecule has 2 N–H and O–H groups in total. The van der Waals surface area contributed by atoms with E-state index in [2.05, 4.69) is 10.6 Å². The van der Waals surface area contributed by atoms with Crippen molar-refractivity contribution in [1.82, 2.24) is 10.6 Å². The average molecular weight is 338 g/mol. The second-order valence-corrected chi connectivity index (χ2v) is 6.59. The molecule has 2 aromatic rings. The number of carbonyl (C=O) groups is 2. The zero-order chi connectivity index (χ0) is 18.2. The molecule has 25 heavy (non-hydrogen) atoms. The van der Waals surface area contributed by atoms with Gasteiger partial charge in [0.15, 0.2) is 0 Å². The predicted molar refractivity (Wildman–Crippen MR) is 100 cm³/mol. The van der Waals surface area contributed by atoms with Crippen LogP contribution in [0.3, 0.4) is 0 Å². The van der Waals surface area contributed by atoms with Crippen LogP contribution in [-0.2, 0) is 11.2 Å². The van der Waals surface area contributed by atoms with E-state index in [9.17, 15) is 9.59 Å². The average Bonchev–Trinajstić information content (AvgIpc) is 2.60. The van der Waals surface area contributed by atoms with E-state index >= 15 is 0 Å². The SMILES string of the molecule is Cc1ccc(C(=O)NC(C(=O)NCCc2ccccc2)C(C)C)cc1. The van der Waals surface area contributed by atoms with Crippen molar-refractivity contribution in [3.8, 4) is 0 Å². The lowest BCUT2D eigenvalue weighted by Gasteiger charge is -2.22. The molecular weight excluding hydrogens is 312 g/mol. The van der Waals surface area contributed by atoms with Crippen molar-refractivity contribution in [2.75, 3.05) is 6.54 Å². The first-order valence-corrected chi connectivity index (χ1v) is 8.66. The van der Waals surface area contributed by atoms with Gasteiger partial charge in [0.2, 0.25) is 5.91 Å².